The fraction of sp³-hybridized carbons (Fsp3) is 0.0909. The van der Waals surface area contributed by atoms with Crippen LogP contribution < -0.4 is 0 Å². The van der Waals surface area contributed by atoms with E-state index in [2.05, 4.69) is 14.7 Å². The Bertz CT molecular complexity index is 613. The van der Waals surface area contributed by atoms with Crippen molar-refractivity contribution in [3.8, 4) is 0 Å². The third-order valence-corrected chi connectivity index (χ3v) is 3.24. The monoisotopic (exact) mass is 250 g/mol. The minimum atomic E-state index is -3.14. The van der Waals surface area contributed by atoms with E-state index in [4.69, 9.17) is 0 Å². The molecule has 88 valence electrons. The van der Waals surface area contributed by atoms with Crippen molar-refractivity contribution in [1.29, 1.82) is 0 Å². The molecule has 17 heavy (non-hydrogen) atoms. The van der Waals surface area contributed by atoms with Gasteiger partial charge in [-0.05, 0) is 23.8 Å². The summed E-state index contributed by atoms with van der Waals surface area (Å²) in [5.41, 5.74) is 0.863. The molecular weight excluding hydrogens is 240 g/mol. The third kappa shape index (κ3) is 3.01. The van der Waals surface area contributed by atoms with E-state index >= 15 is 0 Å². The molecule has 1 aromatic carbocycles. The fourth-order valence-electron chi connectivity index (χ4n) is 1.25. The van der Waals surface area contributed by atoms with Crippen LogP contribution in [0.3, 0.4) is 0 Å². The second-order valence-electron chi connectivity index (χ2n) is 3.46. The van der Waals surface area contributed by atoms with Gasteiger partial charge in [0.2, 0.25) is 6.39 Å². The number of nitrogens with zero attached hydrogens (tertiary/aromatic N) is 2. The van der Waals surface area contributed by atoms with Crippen molar-refractivity contribution in [1.82, 2.24) is 10.1 Å². The molecular formula is C11H10N2O3S. The minimum Gasteiger partial charge on any atom is -0.342 e. The molecule has 2 rings (SSSR count). The van der Waals surface area contributed by atoms with Gasteiger partial charge in [0.15, 0.2) is 15.7 Å². The van der Waals surface area contributed by atoms with Crippen LogP contribution in [-0.4, -0.2) is 24.8 Å². The van der Waals surface area contributed by atoms with Crippen molar-refractivity contribution < 1.29 is 12.9 Å². The Labute approximate surface area is 98.7 Å². The predicted molar refractivity (Wildman–Crippen MR) is 62.8 cm³/mol. The summed E-state index contributed by atoms with van der Waals surface area (Å²) in [6.07, 6.45) is 5.87. The molecule has 0 aliphatic carbocycles. The van der Waals surface area contributed by atoms with Crippen LogP contribution in [0.1, 0.15) is 11.4 Å². The number of hydrogen-bond donors (Lipinski definition) is 0. The van der Waals surface area contributed by atoms with Crippen molar-refractivity contribution in [3.63, 3.8) is 0 Å². The van der Waals surface area contributed by atoms with Crippen LogP contribution in [0.25, 0.3) is 12.2 Å². The Morgan fingerprint density at radius 1 is 1.18 bits per heavy atom. The molecule has 0 aliphatic heterocycles. The summed E-state index contributed by atoms with van der Waals surface area (Å²) in [5.74, 6) is 0.470. The van der Waals surface area contributed by atoms with Gasteiger partial charge in [-0.2, -0.15) is 4.98 Å². The van der Waals surface area contributed by atoms with Crippen molar-refractivity contribution in [2.45, 2.75) is 4.90 Å². The number of hydrogen-bond acceptors (Lipinski definition) is 5. The molecule has 1 aromatic heterocycles. The van der Waals surface area contributed by atoms with Crippen LogP contribution in [0.15, 0.2) is 40.1 Å². The van der Waals surface area contributed by atoms with Crippen LogP contribution in [0.5, 0.6) is 0 Å². The topological polar surface area (TPSA) is 73.1 Å². The summed E-state index contributed by atoms with van der Waals surface area (Å²) in [6.45, 7) is 0. The SMILES string of the molecule is CS(=O)(=O)c1ccc(C=Cc2ncon2)cc1. The van der Waals surface area contributed by atoms with Gasteiger partial charge in [0.25, 0.3) is 0 Å². The molecule has 0 saturated heterocycles. The van der Waals surface area contributed by atoms with Gasteiger partial charge in [0.05, 0.1) is 4.90 Å². The van der Waals surface area contributed by atoms with E-state index in [1.54, 1.807) is 36.4 Å². The maximum absolute atomic E-state index is 11.2. The molecule has 1 heterocycles. The van der Waals surface area contributed by atoms with Crippen molar-refractivity contribution in [2.75, 3.05) is 6.26 Å². The number of benzene rings is 1. The average molecular weight is 250 g/mol. The first-order valence-corrected chi connectivity index (χ1v) is 6.69. The highest BCUT2D eigenvalue weighted by molar-refractivity contribution is 7.90. The number of rotatable bonds is 3. The zero-order valence-corrected chi connectivity index (χ0v) is 9.89. The lowest BCUT2D eigenvalue weighted by molar-refractivity contribution is 0.415. The standard InChI is InChI=1S/C11H10N2O3S/c1-17(14,15)10-5-2-9(3-6-10)4-7-11-12-8-16-13-11/h2-8H,1H3. The van der Waals surface area contributed by atoms with Crippen LogP contribution >= 0.6 is 0 Å². The van der Waals surface area contributed by atoms with E-state index in [0.717, 1.165) is 5.56 Å². The van der Waals surface area contributed by atoms with Gasteiger partial charge in [-0.3, -0.25) is 0 Å². The second-order valence-corrected chi connectivity index (χ2v) is 5.48. The van der Waals surface area contributed by atoms with Gasteiger partial charge >= 0.3 is 0 Å². The normalized spacial score (nSPS) is 12.1. The summed E-state index contributed by atoms with van der Waals surface area (Å²) >= 11 is 0. The van der Waals surface area contributed by atoms with Gasteiger partial charge in [-0.15, -0.1) is 0 Å². The Balaban J connectivity index is 2.19. The Morgan fingerprint density at radius 2 is 1.88 bits per heavy atom. The minimum absolute atomic E-state index is 0.300. The molecule has 6 heteroatoms. The molecule has 2 aromatic rings. The first-order valence-electron chi connectivity index (χ1n) is 4.80. The largest absolute Gasteiger partial charge is 0.342 e. The van der Waals surface area contributed by atoms with Gasteiger partial charge in [-0.25, -0.2) is 8.42 Å². The average Bonchev–Trinajstić information content (AvgIpc) is 2.78. The summed E-state index contributed by atoms with van der Waals surface area (Å²) in [7, 11) is -3.14. The molecule has 0 N–H and O–H groups in total. The van der Waals surface area contributed by atoms with Crippen molar-refractivity contribution >= 4 is 22.0 Å². The maximum Gasteiger partial charge on any atom is 0.214 e. The lowest BCUT2D eigenvalue weighted by Gasteiger charge is -1.98. The van der Waals surface area contributed by atoms with E-state index in [0.29, 0.717) is 10.7 Å². The van der Waals surface area contributed by atoms with E-state index < -0.39 is 9.84 Å². The molecule has 0 fully saturated rings. The molecule has 0 bridgehead atoms. The highest BCUT2D eigenvalue weighted by Crippen LogP contribution is 2.12. The maximum atomic E-state index is 11.2. The quantitative estimate of drug-likeness (QED) is 0.828. The molecule has 0 aliphatic rings. The first-order chi connectivity index (χ1) is 8.05. The van der Waals surface area contributed by atoms with Gasteiger partial charge in [0.1, 0.15) is 0 Å². The molecule has 0 radical (unpaired) electrons. The summed E-state index contributed by atoms with van der Waals surface area (Å²) in [4.78, 5) is 4.13. The van der Waals surface area contributed by atoms with E-state index in [9.17, 15) is 8.42 Å². The van der Waals surface area contributed by atoms with E-state index in [-0.39, 0.29) is 0 Å². The summed E-state index contributed by atoms with van der Waals surface area (Å²) < 4.78 is 27.1. The highest BCUT2D eigenvalue weighted by atomic mass is 32.2. The van der Waals surface area contributed by atoms with Crippen molar-refractivity contribution in [3.05, 3.63) is 42.0 Å². The Kier molecular flexibility index (Phi) is 3.06. The fourth-order valence-corrected chi connectivity index (χ4v) is 1.88. The Morgan fingerprint density at radius 3 is 2.41 bits per heavy atom. The van der Waals surface area contributed by atoms with E-state index in [1.807, 2.05) is 0 Å². The van der Waals surface area contributed by atoms with Crippen LogP contribution in [0, 0.1) is 0 Å². The zero-order chi connectivity index (χ0) is 12.3. The van der Waals surface area contributed by atoms with Gasteiger partial charge in [-0.1, -0.05) is 23.4 Å². The molecule has 0 atom stereocenters. The summed E-state index contributed by atoms with van der Waals surface area (Å²) in [5, 5.41) is 3.62. The Hall–Kier alpha value is -1.95. The smallest absolute Gasteiger partial charge is 0.214 e. The molecule has 5 nitrogen and oxygen atoms in total. The number of aromatic nitrogens is 2. The third-order valence-electron chi connectivity index (χ3n) is 2.11. The predicted octanol–water partition coefficient (Wildman–Crippen LogP) is 1.64. The molecule has 0 spiro atoms. The zero-order valence-electron chi connectivity index (χ0n) is 9.07. The first kappa shape index (κ1) is 11.5. The lowest BCUT2D eigenvalue weighted by atomic mass is 10.2. The van der Waals surface area contributed by atoms with E-state index in [1.165, 1.54) is 12.6 Å². The lowest BCUT2D eigenvalue weighted by Crippen LogP contribution is -1.95. The molecule has 0 unspecified atom stereocenters. The highest BCUT2D eigenvalue weighted by Gasteiger charge is 2.05. The van der Waals surface area contributed by atoms with Gasteiger partial charge in [0, 0.05) is 6.26 Å². The van der Waals surface area contributed by atoms with Gasteiger partial charge < -0.3 is 4.52 Å². The van der Waals surface area contributed by atoms with Crippen LogP contribution in [-0.2, 0) is 9.84 Å². The molecule has 0 saturated carbocycles. The van der Waals surface area contributed by atoms with Crippen LogP contribution in [0.4, 0.5) is 0 Å². The number of sulfone groups is 1. The van der Waals surface area contributed by atoms with Crippen LogP contribution in [0.2, 0.25) is 0 Å². The molecule has 0 amide bonds. The summed E-state index contributed by atoms with van der Waals surface area (Å²) in [6, 6.07) is 6.55. The van der Waals surface area contributed by atoms with Crippen molar-refractivity contribution in [2.24, 2.45) is 0 Å². The second kappa shape index (κ2) is 4.50.